The Hall–Kier alpha value is -9.05. The number of amides is 12. The number of carboxylic acids is 2. The number of aliphatic imine (C=N–C) groups is 1. The highest BCUT2D eigenvalue weighted by molar-refractivity contribution is 8.14. The van der Waals surface area contributed by atoms with E-state index < -0.39 is 193 Å². The van der Waals surface area contributed by atoms with Crippen molar-refractivity contribution in [2.24, 2.45) is 45.9 Å². The first-order chi connectivity index (χ1) is 46.3. The predicted molar refractivity (Wildman–Crippen MR) is 360 cm³/mol. The highest BCUT2D eigenvalue weighted by Crippen LogP contribution is 2.24. The summed E-state index contributed by atoms with van der Waals surface area (Å²) < 4.78 is 0. The maximum absolute atomic E-state index is 14.8. The number of benzene rings is 1. The lowest BCUT2D eigenvalue weighted by molar-refractivity contribution is -0.142. The predicted octanol–water partition coefficient (Wildman–Crippen LogP) is -2.46. The van der Waals surface area contributed by atoms with E-state index in [2.05, 4.69) is 73.4 Å². The second-order valence-electron chi connectivity index (χ2n) is 25.7. The van der Waals surface area contributed by atoms with Crippen LogP contribution in [0.2, 0.25) is 0 Å². The number of nitrogens with one attached hydrogen (secondary N) is 12. The number of rotatable bonds is 29. The molecule has 98 heavy (non-hydrogen) atoms. The van der Waals surface area contributed by atoms with Gasteiger partial charge in [0.1, 0.15) is 66.5 Å². The van der Waals surface area contributed by atoms with E-state index >= 15 is 0 Å². The lowest BCUT2D eigenvalue weighted by atomic mass is 9.99. The zero-order valence-corrected chi connectivity index (χ0v) is 57.6. The van der Waals surface area contributed by atoms with Crippen molar-refractivity contribution in [1.82, 2.24) is 68.5 Å². The number of primary amides is 1. The Morgan fingerprint density at radius 2 is 1.29 bits per heavy atom. The number of aliphatic carboxylic acids is 2. The number of hydrogen-bond donors (Lipinski definition) is 17. The summed E-state index contributed by atoms with van der Waals surface area (Å²) in [4.78, 5) is 205. The van der Waals surface area contributed by atoms with Crippen molar-refractivity contribution in [3.8, 4) is 0 Å². The molecule has 542 valence electrons. The number of carboxylic acid groups (broad SMARTS) is 2. The number of imidazole rings is 1. The number of nitrogens with zero attached hydrogens (tertiary/aromatic N) is 2. The number of aromatic nitrogens is 2. The van der Waals surface area contributed by atoms with Gasteiger partial charge in [-0.15, -0.1) is 11.8 Å². The van der Waals surface area contributed by atoms with E-state index in [4.69, 9.17) is 17.2 Å². The topological polar surface area (TPSA) is 531 Å². The van der Waals surface area contributed by atoms with Crippen LogP contribution < -0.4 is 75.7 Å². The van der Waals surface area contributed by atoms with Crippen molar-refractivity contribution >= 4 is 99.6 Å². The Morgan fingerprint density at radius 3 is 1.87 bits per heavy atom. The smallest absolute Gasteiger partial charge is 0.305 e. The molecule has 0 radical (unpaired) electrons. The second kappa shape index (κ2) is 40.6. The zero-order chi connectivity index (χ0) is 72.9. The number of hydrogen-bond acceptors (Lipinski definition) is 19. The van der Waals surface area contributed by atoms with Crippen molar-refractivity contribution < 1.29 is 77.3 Å². The fourth-order valence-corrected chi connectivity index (χ4v) is 11.7. The fourth-order valence-electron chi connectivity index (χ4n) is 10.5. The van der Waals surface area contributed by atoms with Crippen LogP contribution >= 0.6 is 11.8 Å². The molecule has 12 amide bonds. The van der Waals surface area contributed by atoms with Crippen LogP contribution in [-0.2, 0) is 80.0 Å². The molecule has 2 aliphatic rings. The molecule has 0 aliphatic carbocycles. The number of carbonyl (C=O) groups is 14. The number of nitrogens with two attached hydrogens (primary N) is 3. The molecule has 1 aromatic heterocycles. The van der Waals surface area contributed by atoms with Crippen LogP contribution in [0.3, 0.4) is 0 Å². The molecule has 2 aliphatic heterocycles. The van der Waals surface area contributed by atoms with Gasteiger partial charge in [-0.3, -0.25) is 72.1 Å². The van der Waals surface area contributed by atoms with Crippen LogP contribution in [0.25, 0.3) is 0 Å². The molecule has 8 unspecified atom stereocenters. The van der Waals surface area contributed by atoms with Crippen molar-refractivity contribution in [2.75, 3.05) is 18.8 Å². The minimum atomic E-state index is -1.94. The van der Waals surface area contributed by atoms with Gasteiger partial charge in [0.25, 0.3) is 0 Å². The van der Waals surface area contributed by atoms with E-state index in [1.54, 1.807) is 71.9 Å². The number of carbonyl (C=O) groups excluding carboxylic acids is 12. The Kier molecular flexibility index (Phi) is 33.7. The molecule has 1 aromatic carbocycles. The SMILES string of the molecule is CC[C@@H](C)[C@@H](N)C1=N[C@H](C(=O)NC(CC(C)C)C(=O)N[C@@H](CCC(=O)O)C(=O)NC(C(=O)N[C@@H]2CCCCNC(=O)C(CC(N)=O)NC(=O)C(CC(=O)O)NC(=O)C(Cc3cnc[nH]3)NC(=O)C(Cc3ccccc3)NC(=O)C(C(C)C)NC(=O)C(CCCN)NC2=O)C(C)C)CS1. The third-order valence-electron chi connectivity index (χ3n) is 16.4. The molecule has 0 saturated carbocycles. The number of H-pyrrole nitrogens is 1. The van der Waals surface area contributed by atoms with Crippen molar-refractivity contribution in [3.63, 3.8) is 0 Å². The van der Waals surface area contributed by atoms with Gasteiger partial charge in [-0.2, -0.15) is 0 Å². The molecule has 1 fully saturated rings. The van der Waals surface area contributed by atoms with Crippen molar-refractivity contribution in [2.45, 2.75) is 211 Å². The Balaban J connectivity index is 1.74. The summed E-state index contributed by atoms with van der Waals surface area (Å²) in [6.45, 7) is 13.7. The first kappa shape index (κ1) is 81.4. The molecular weight excluding hydrogens is 1290 g/mol. The van der Waals surface area contributed by atoms with Crippen molar-refractivity contribution in [3.05, 3.63) is 54.1 Å². The fraction of sp³-hybridized carbons (Fsp3) is 0.625. The first-order valence-electron chi connectivity index (χ1n) is 33.0. The molecule has 0 spiro atoms. The third-order valence-corrected chi connectivity index (χ3v) is 17.5. The van der Waals surface area contributed by atoms with E-state index in [1.807, 2.05) is 13.8 Å². The maximum Gasteiger partial charge on any atom is 0.305 e. The average Bonchev–Trinajstić information content (AvgIpc) is 1.89. The maximum atomic E-state index is 14.8. The summed E-state index contributed by atoms with van der Waals surface area (Å²) in [5.41, 5.74) is 18.6. The van der Waals surface area contributed by atoms with Crippen molar-refractivity contribution in [1.29, 1.82) is 0 Å². The van der Waals surface area contributed by atoms with Gasteiger partial charge in [-0.1, -0.05) is 92.1 Å². The summed E-state index contributed by atoms with van der Waals surface area (Å²) in [5.74, 6) is -15.6. The third kappa shape index (κ3) is 27.1. The van der Waals surface area contributed by atoms with Crippen LogP contribution in [0.5, 0.6) is 0 Å². The number of thioether (sulfide) groups is 1. The molecule has 13 atom stereocenters. The molecule has 3 heterocycles. The Labute approximate surface area is 573 Å². The van der Waals surface area contributed by atoms with Gasteiger partial charge < -0.3 is 90.9 Å². The molecule has 33 nitrogen and oxygen atoms in total. The molecule has 1 saturated heterocycles. The first-order valence-corrected chi connectivity index (χ1v) is 34.0. The summed E-state index contributed by atoms with van der Waals surface area (Å²) in [6, 6.07) is -8.40. The Bertz CT molecular complexity index is 3120. The summed E-state index contributed by atoms with van der Waals surface area (Å²) in [5, 5.41) is 48.7. The largest absolute Gasteiger partial charge is 0.481 e. The van der Waals surface area contributed by atoms with Gasteiger partial charge in [0.2, 0.25) is 70.9 Å². The lowest BCUT2D eigenvalue weighted by Crippen LogP contribution is -2.62. The van der Waals surface area contributed by atoms with Crippen LogP contribution in [0, 0.1) is 23.7 Å². The standard InChI is InChI=1S/C64H99N17O16S/c1-9-35(8)50(67)64-79-46(30-98-64)61(95)74-41(24-32(2)3)57(91)72-40(20-21-48(83)84)56(90)81-51(33(4)5)62(96)73-38-18-13-14-23-69-53(87)44(27-47(66)82)76-60(94)45(28-49(85)86)77-59(93)43(26-37-29-68-31-70-37)75-58(92)42(25-36-16-11-10-12-17-36)78-63(97)52(34(6)7)80-55(89)39(19-15-22-65)71-54(38)88/h10-12,16-17,29,31-35,38-46,50-52H,9,13-15,18-28,30,65,67H2,1-8H3,(H2,66,82)(H,68,70)(H,69,87)(H,71,88)(H,72,91)(H,73,96)(H,74,95)(H,75,92)(H,76,94)(H,77,93)(H,78,97)(H,80,89)(H,81,90)(H,83,84)(H,85,86)/t35-,38-,39?,40+,41?,42?,43?,44?,45?,46+,50-,51?,52?/m1/s1. The normalized spacial score (nSPS) is 22.8. The van der Waals surface area contributed by atoms with E-state index in [9.17, 15) is 77.3 Å². The van der Waals surface area contributed by atoms with E-state index in [0.717, 1.165) is 6.42 Å². The quantitative estimate of drug-likeness (QED) is 0.0402. The van der Waals surface area contributed by atoms with Gasteiger partial charge >= 0.3 is 11.9 Å². The van der Waals surface area contributed by atoms with Crippen LogP contribution in [-0.4, -0.2) is 199 Å². The Morgan fingerprint density at radius 1 is 0.684 bits per heavy atom. The lowest BCUT2D eigenvalue weighted by Gasteiger charge is -2.30. The van der Waals surface area contributed by atoms with Gasteiger partial charge in [0.05, 0.1) is 30.3 Å². The number of aromatic amines is 1. The van der Waals surface area contributed by atoms with Gasteiger partial charge in [-0.25, -0.2) is 4.98 Å². The molecule has 4 rings (SSSR count). The summed E-state index contributed by atoms with van der Waals surface area (Å²) in [7, 11) is 0. The van der Waals surface area contributed by atoms with E-state index in [1.165, 1.54) is 24.3 Å². The molecule has 34 heteroatoms. The van der Waals surface area contributed by atoms with E-state index in [-0.39, 0.29) is 82.0 Å². The van der Waals surface area contributed by atoms with Gasteiger partial charge in [0.15, 0.2) is 0 Å². The van der Waals surface area contributed by atoms with E-state index in [0.29, 0.717) is 16.3 Å². The van der Waals surface area contributed by atoms with Crippen LogP contribution in [0.15, 0.2) is 47.8 Å². The van der Waals surface area contributed by atoms with Gasteiger partial charge in [-0.05, 0) is 80.7 Å². The zero-order valence-electron chi connectivity index (χ0n) is 56.7. The molecular formula is C64H99N17O16S. The summed E-state index contributed by atoms with van der Waals surface area (Å²) in [6.07, 6.45) is -0.181. The van der Waals surface area contributed by atoms with Crippen LogP contribution in [0.4, 0.5) is 0 Å². The van der Waals surface area contributed by atoms with Crippen LogP contribution in [0.1, 0.15) is 137 Å². The summed E-state index contributed by atoms with van der Waals surface area (Å²) >= 11 is 1.34. The molecule has 2 aromatic rings. The minimum absolute atomic E-state index is 0.00113. The monoisotopic (exact) mass is 1390 g/mol. The second-order valence-corrected chi connectivity index (χ2v) is 26.7. The minimum Gasteiger partial charge on any atom is -0.481 e. The average molecular weight is 1390 g/mol. The molecule has 20 N–H and O–H groups in total. The highest BCUT2D eigenvalue weighted by Gasteiger charge is 2.39. The highest BCUT2D eigenvalue weighted by atomic mass is 32.2. The molecule has 0 bridgehead atoms. The van der Waals surface area contributed by atoms with Gasteiger partial charge in [0, 0.05) is 43.5 Å².